The quantitative estimate of drug-likeness (QED) is 0.788. The molecule has 2 aromatic rings. The zero-order valence-electron chi connectivity index (χ0n) is 18.4. The Balaban J connectivity index is 1.76. The number of ether oxygens (including phenoxy) is 1. The van der Waals surface area contributed by atoms with Crippen molar-refractivity contribution >= 4 is 10.9 Å². The summed E-state index contributed by atoms with van der Waals surface area (Å²) in [4.78, 5) is 6.25. The Labute approximate surface area is 155 Å². The highest BCUT2D eigenvalue weighted by molar-refractivity contribution is 5.91. The number of hydrogen-bond donors (Lipinski definition) is 1. The number of nitrogens with zero attached hydrogens (tertiary/aromatic N) is 1. The van der Waals surface area contributed by atoms with Crippen LogP contribution in [-0.4, -0.2) is 30.0 Å². The molecular weight excluding hydrogens is 308 g/mol. The second kappa shape index (κ2) is 6.53. The maximum Gasteiger partial charge on any atom is 0.128 e. The SMILES string of the molecule is [2H]C([2H])([2H])Oc1cccc2[nH]c3c(c12)CCN1C[C@@H](CC)[C@@H](/C(C)=C\C)C[C@@H]31. The van der Waals surface area contributed by atoms with Crippen molar-refractivity contribution in [2.24, 2.45) is 11.8 Å². The Kier molecular flexibility index (Phi) is 3.51. The topological polar surface area (TPSA) is 28.3 Å². The van der Waals surface area contributed by atoms with Gasteiger partial charge in [-0.25, -0.2) is 0 Å². The molecule has 0 unspecified atom stereocenters. The molecule has 0 bridgehead atoms. The van der Waals surface area contributed by atoms with Gasteiger partial charge in [0.05, 0.1) is 17.2 Å². The summed E-state index contributed by atoms with van der Waals surface area (Å²) in [5, 5.41) is 0.949. The first kappa shape index (κ1) is 13.5. The van der Waals surface area contributed by atoms with E-state index in [1.807, 2.05) is 12.1 Å². The van der Waals surface area contributed by atoms with E-state index in [0.29, 0.717) is 23.6 Å². The van der Waals surface area contributed by atoms with Gasteiger partial charge in [-0.3, -0.25) is 4.90 Å². The fraction of sp³-hybridized carbons (Fsp3) is 0.545. The first-order valence-electron chi connectivity index (χ1n) is 11.0. The maximum absolute atomic E-state index is 7.51. The molecule has 0 aliphatic carbocycles. The minimum Gasteiger partial charge on any atom is -0.496 e. The predicted octanol–water partition coefficient (Wildman–Crippen LogP) is 5.09. The van der Waals surface area contributed by atoms with Crippen LogP contribution in [0.1, 0.15) is 55.0 Å². The van der Waals surface area contributed by atoms with Gasteiger partial charge in [0, 0.05) is 29.7 Å². The molecule has 4 rings (SSSR count). The number of rotatable bonds is 3. The second-order valence-corrected chi connectivity index (χ2v) is 7.60. The van der Waals surface area contributed by atoms with E-state index in [4.69, 9.17) is 8.85 Å². The van der Waals surface area contributed by atoms with Crippen molar-refractivity contribution in [3.05, 3.63) is 41.1 Å². The van der Waals surface area contributed by atoms with Crippen LogP contribution >= 0.6 is 0 Å². The molecule has 2 aliphatic heterocycles. The van der Waals surface area contributed by atoms with Crippen LogP contribution in [0.15, 0.2) is 29.8 Å². The summed E-state index contributed by atoms with van der Waals surface area (Å²) in [7, 11) is -2.44. The Hall–Kier alpha value is -1.74. The van der Waals surface area contributed by atoms with Gasteiger partial charge in [-0.15, -0.1) is 0 Å². The number of aromatic nitrogens is 1. The molecule has 1 aromatic carbocycles. The highest BCUT2D eigenvalue weighted by atomic mass is 16.5. The molecule has 2 aliphatic rings. The number of methoxy groups -OCH3 is 1. The molecule has 3 nitrogen and oxygen atoms in total. The lowest BCUT2D eigenvalue weighted by Gasteiger charge is -2.46. The maximum atomic E-state index is 7.51. The van der Waals surface area contributed by atoms with Gasteiger partial charge in [0.2, 0.25) is 0 Å². The minimum atomic E-state index is -2.44. The molecule has 0 saturated carbocycles. The van der Waals surface area contributed by atoms with Gasteiger partial charge < -0.3 is 9.72 Å². The number of fused-ring (bicyclic) bond motifs is 5. The number of H-pyrrole nitrogens is 1. The minimum absolute atomic E-state index is 0.361. The standard InChI is InChI=1S/C22H30N2O/c1-5-14(3)17-12-19-22-16(10-11-24(19)13-15(17)6-2)21-18(23-22)8-7-9-20(21)25-4/h5,7-9,15,17,19,23H,6,10-13H2,1-4H3/b14-5-/t15-,17-,19+/m1/s1/i4D3. The van der Waals surface area contributed by atoms with Crippen LogP contribution in [0.3, 0.4) is 0 Å². The third-order valence-corrected chi connectivity index (χ3v) is 6.54. The highest BCUT2D eigenvalue weighted by Gasteiger charge is 2.40. The first-order valence-corrected chi connectivity index (χ1v) is 9.51. The summed E-state index contributed by atoms with van der Waals surface area (Å²) in [6, 6.07) is 6.02. The molecule has 134 valence electrons. The van der Waals surface area contributed by atoms with Gasteiger partial charge in [-0.05, 0) is 56.2 Å². The molecule has 25 heavy (non-hydrogen) atoms. The Morgan fingerprint density at radius 2 is 2.36 bits per heavy atom. The zero-order valence-corrected chi connectivity index (χ0v) is 15.4. The number of piperidine rings is 1. The smallest absolute Gasteiger partial charge is 0.128 e. The van der Waals surface area contributed by atoms with Gasteiger partial charge in [-0.2, -0.15) is 0 Å². The lowest BCUT2D eigenvalue weighted by molar-refractivity contribution is 0.0637. The summed E-state index contributed by atoms with van der Waals surface area (Å²) in [6.45, 7) is 8.86. The number of allylic oxidation sites excluding steroid dienone is 2. The van der Waals surface area contributed by atoms with E-state index >= 15 is 0 Å². The van der Waals surface area contributed by atoms with E-state index in [2.05, 4.69) is 36.7 Å². The van der Waals surface area contributed by atoms with Crippen LogP contribution < -0.4 is 4.74 Å². The van der Waals surface area contributed by atoms with Crippen molar-refractivity contribution in [2.45, 2.75) is 46.1 Å². The average molecular weight is 342 g/mol. The molecule has 0 spiro atoms. The Morgan fingerprint density at radius 1 is 1.48 bits per heavy atom. The third-order valence-electron chi connectivity index (χ3n) is 6.54. The van der Waals surface area contributed by atoms with Crippen LogP contribution in [0.4, 0.5) is 0 Å². The second-order valence-electron chi connectivity index (χ2n) is 7.60. The molecule has 3 heteroatoms. The fourth-order valence-electron chi connectivity index (χ4n) is 5.06. The molecular formula is C22H30N2O. The fourth-order valence-corrected chi connectivity index (χ4v) is 5.06. The highest BCUT2D eigenvalue weighted by Crippen LogP contribution is 2.46. The van der Waals surface area contributed by atoms with E-state index in [1.165, 1.54) is 23.3 Å². The lowest BCUT2D eigenvalue weighted by Crippen LogP contribution is -2.46. The zero-order chi connectivity index (χ0) is 20.1. The van der Waals surface area contributed by atoms with E-state index in [9.17, 15) is 0 Å². The summed E-state index contributed by atoms with van der Waals surface area (Å²) >= 11 is 0. The normalized spacial score (nSPS) is 29.5. The third kappa shape index (κ3) is 2.60. The van der Waals surface area contributed by atoms with Crippen LogP contribution in [0.2, 0.25) is 0 Å². The molecule has 1 fully saturated rings. The Bertz CT molecular complexity index is 899. The summed E-state index contributed by atoms with van der Waals surface area (Å²) in [6.07, 6.45) is 5.51. The van der Waals surface area contributed by atoms with Gasteiger partial charge in [0.15, 0.2) is 0 Å². The van der Waals surface area contributed by atoms with Crippen molar-refractivity contribution in [2.75, 3.05) is 20.1 Å². The number of nitrogens with one attached hydrogen (secondary N) is 1. The van der Waals surface area contributed by atoms with Gasteiger partial charge in [0.25, 0.3) is 0 Å². The van der Waals surface area contributed by atoms with E-state index in [-0.39, 0.29) is 0 Å². The number of benzene rings is 1. The predicted molar refractivity (Wildman–Crippen MR) is 104 cm³/mol. The van der Waals surface area contributed by atoms with Crippen molar-refractivity contribution in [3.8, 4) is 5.75 Å². The molecule has 1 aromatic heterocycles. The molecule has 0 radical (unpaired) electrons. The lowest BCUT2D eigenvalue weighted by atomic mass is 9.74. The monoisotopic (exact) mass is 341 g/mol. The first-order chi connectivity index (χ1) is 13.3. The number of hydrogen-bond acceptors (Lipinski definition) is 2. The van der Waals surface area contributed by atoms with Crippen molar-refractivity contribution < 1.29 is 8.85 Å². The van der Waals surface area contributed by atoms with E-state index < -0.39 is 7.04 Å². The van der Waals surface area contributed by atoms with Crippen LogP contribution in [-0.2, 0) is 6.42 Å². The van der Waals surface area contributed by atoms with Crippen molar-refractivity contribution in [1.29, 1.82) is 0 Å². The molecule has 0 amide bonds. The van der Waals surface area contributed by atoms with Crippen LogP contribution in [0.25, 0.3) is 10.9 Å². The Morgan fingerprint density at radius 3 is 3.12 bits per heavy atom. The van der Waals surface area contributed by atoms with Crippen LogP contribution in [0, 0.1) is 11.8 Å². The van der Waals surface area contributed by atoms with E-state index in [0.717, 1.165) is 36.8 Å². The molecule has 1 N–H and O–H groups in total. The summed E-state index contributed by atoms with van der Waals surface area (Å²) < 4.78 is 27.9. The van der Waals surface area contributed by atoms with Crippen molar-refractivity contribution in [1.82, 2.24) is 9.88 Å². The summed E-state index contributed by atoms with van der Waals surface area (Å²) in [5.41, 5.74) is 4.96. The molecule has 3 heterocycles. The van der Waals surface area contributed by atoms with Gasteiger partial charge >= 0.3 is 0 Å². The molecule has 1 saturated heterocycles. The van der Waals surface area contributed by atoms with Gasteiger partial charge in [-0.1, -0.05) is 31.1 Å². The van der Waals surface area contributed by atoms with Gasteiger partial charge in [0.1, 0.15) is 5.75 Å². The largest absolute Gasteiger partial charge is 0.496 e. The average Bonchev–Trinajstić information content (AvgIpc) is 3.05. The molecule has 3 atom stereocenters. The summed E-state index contributed by atoms with van der Waals surface area (Å²) in [5.74, 6) is 1.77. The van der Waals surface area contributed by atoms with Crippen LogP contribution in [0.5, 0.6) is 5.75 Å². The van der Waals surface area contributed by atoms with E-state index in [1.54, 1.807) is 6.07 Å². The van der Waals surface area contributed by atoms with Crippen molar-refractivity contribution in [3.63, 3.8) is 0 Å². The number of aromatic amines is 1.